The molecule has 3 N–H and O–H groups in total. The van der Waals surface area contributed by atoms with E-state index in [1.165, 1.54) is 89.9 Å². The molecular weight excluding hydrogens is 1650 g/mol. The molecule has 0 aromatic carbocycles. The minimum atomic E-state index is -0.763. The van der Waals surface area contributed by atoms with Gasteiger partial charge in [0.05, 0.1) is 51.7 Å². The number of Topliss-reactive ketones (excluding diaryl/α,β-unsaturated/α-hetero) is 1. The van der Waals surface area contributed by atoms with E-state index in [1.54, 1.807) is 38.3 Å². The van der Waals surface area contributed by atoms with Gasteiger partial charge in [0.1, 0.15) is 39.7 Å². The van der Waals surface area contributed by atoms with Crippen molar-refractivity contribution in [3.8, 4) is 6.07 Å². The van der Waals surface area contributed by atoms with Gasteiger partial charge in [-0.3, -0.25) is 28.8 Å². The number of nitrogens with zero attached hydrogens (tertiary/aromatic N) is 7. The number of ketones is 1. The second-order valence-electron chi connectivity index (χ2n) is 41.5. The van der Waals surface area contributed by atoms with Crippen LogP contribution in [0.5, 0.6) is 0 Å². The number of hydrogen-bond donors (Lipinski definition) is 3. The summed E-state index contributed by atoms with van der Waals surface area (Å²) in [5, 5.41) is 31.7. The Morgan fingerprint density at radius 3 is 0.992 bits per heavy atom. The van der Waals surface area contributed by atoms with Crippen LogP contribution >= 0.6 is 12.4 Å². The van der Waals surface area contributed by atoms with Crippen molar-refractivity contribution >= 4 is 78.5 Å². The zero-order chi connectivity index (χ0) is 93.9. The van der Waals surface area contributed by atoms with Crippen LogP contribution in [0.25, 0.3) is 4.85 Å². The molecule has 0 bridgehead atoms. The van der Waals surface area contributed by atoms with Crippen molar-refractivity contribution in [3.63, 3.8) is 0 Å². The molecule has 0 spiro atoms. The molecule has 29 nitrogen and oxygen atoms in total. The Hall–Kier alpha value is -7.66. The molecule has 0 aromatic rings. The van der Waals surface area contributed by atoms with Gasteiger partial charge in [0.15, 0.2) is 0 Å². The lowest BCUT2D eigenvalue weighted by Crippen LogP contribution is -2.52. The molecular formula is C97H163ClN8O21. The Morgan fingerprint density at radius 1 is 0.417 bits per heavy atom. The second kappa shape index (κ2) is 52.4. The number of hydrogen-bond acceptors (Lipinski definition) is 21. The van der Waals surface area contributed by atoms with Crippen molar-refractivity contribution in [1.82, 2.24) is 29.8 Å². The van der Waals surface area contributed by atoms with Crippen LogP contribution in [-0.4, -0.2) is 227 Å². The number of esters is 3. The van der Waals surface area contributed by atoms with Crippen molar-refractivity contribution in [1.29, 1.82) is 5.26 Å². The van der Waals surface area contributed by atoms with Crippen LogP contribution < -0.4 is 5.32 Å². The average Bonchev–Trinajstić information content (AvgIpc) is 0.767. The number of carbonyl (C=O) groups excluding carboxylic acids is 9. The summed E-state index contributed by atoms with van der Waals surface area (Å²) in [6, 6.07) is 2.27. The third kappa shape index (κ3) is 38.0. The lowest BCUT2D eigenvalue weighted by Gasteiger charge is -2.49. The number of nitriles is 1. The normalized spacial score (nSPS) is 20.9. The predicted octanol–water partition coefficient (Wildman–Crippen LogP) is 20.1. The number of ether oxygens (including phenoxy) is 8. The smallest absolute Gasteiger partial charge is 0.410 e. The topological polar surface area (TPSA) is 358 Å². The highest BCUT2D eigenvalue weighted by Crippen LogP contribution is 2.54. The van der Waals surface area contributed by atoms with Gasteiger partial charge in [0.25, 0.3) is 5.70 Å². The van der Waals surface area contributed by atoms with E-state index in [-0.39, 0.29) is 96.2 Å². The van der Waals surface area contributed by atoms with E-state index in [9.17, 15) is 63.1 Å². The highest BCUT2D eigenvalue weighted by atomic mass is 35.5. The Bertz CT molecular complexity index is 3580. The first-order chi connectivity index (χ1) is 59.1. The Kier molecular flexibility index (Phi) is 46.1. The average molecular weight is 1810 g/mol. The van der Waals surface area contributed by atoms with Crippen molar-refractivity contribution in [2.75, 3.05) is 98.4 Å². The molecule has 5 amide bonds. The SMILES string of the molecule is CC(C)(C)OC(=O)N1CCC(=O)CC1.CC(C)(C)OC(=O)N1CCC(CC(=O)O)(C2CCCCC2)CC1.CCOC(=O)C(C#N)C1(C2CCCCC2)CCN(C(=O)OC(C)(C)C)CC1.CCOC(=O)CC1(C2CCCCC2)CCN(C(=O)OC(C)(C)C)CC1.Cl.O=C(O)CC1(C2CCCCC2)CCNCC1.[C-]#[N+]C(C(=O)OCC)=C1CCN(C(=O)OC(C)(C)C)CC1. The maximum atomic E-state index is 12.6. The monoisotopic (exact) mass is 1810 g/mol. The minimum absolute atomic E-state index is 0. The molecule has 10 aliphatic rings. The van der Waals surface area contributed by atoms with Gasteiger partial charge in [0, 0.05) is 83.7 Å². The van der Waals surface area contributed by atoms with Crippen molar-refractivity contribution in [2.24, 2.45) is 51.2 Å². The second-order valence-corrected chi connectivity index (χ2v) is 41.5. The molecule has 6 aliphatic heterocycles. The van der Waals surface area contributed by atoms with E-state index in [4.69, 9.17) is 49.6 Å². The van der Waals surface area contributed by atoms with Crippen LogP contribution in [0.3, 0.4) is 0 Å². The number of carboxylic acids is 2. The zero-order valence-corrected chi connectivity index (χ0v) is 81.7. The molecule has 6 saturated heterocycles. The van der Waals surface area contributed by atoms with E-state index in [1.807, 2.05) is 111 Å². The summed E-state index contributed by atoms with van der Waals surface area (Å²) in [4.78, 5) is 142. The standard InChI is InChI=1S/C21H34N2O4.C20H35NO4.C18H31NO4.C15H22N2O4.C13H23NO2.C10H17NO3.ClH/c1-5-26-18(24)17(15-22)21(16-9-7-6-8-10-16)11-13-23(14-12-21)19(25)27-20(2,3)4;1-5-24-17(22)15-20(16-9-7-6-8-10-16)11-13-21(14-12-20)18(23)25-19(2,3)4;1-17(2,3)23-16(22)19-11-9-18(10-12-19,13-15(20)21)14-7-5-4-6-8-14;1-6-20-13(18)12(16-5)11-7-9-17(10-8-11)14(19)21-15(2,3)4;15-12(16)10-13(6-8-14-9-7-13)11-4-2-1-3-5-11;1-10(2,3)14-9(13)11-6-4-8(12)5-7-11;/h16-17H,5-14H2,1-4H3;16H,5-15H2,1-4H3;14H,4-13H2,1-3H3,(H,20,21);6-10H2,1-4H3;11,14H,1-10H2,(H,15,16);4-7H2,1-3H3;1H. The number of rotatable bonds is 16. The third-order valence-corrected chi connectivity index (χ3v) is 26.5. The number of likely N-dealkylation sites (tertiary alicyclic amines) is 5. The van der Waals surface area contributed by atoms with Crippen molar-refractivity contribution in [2.45, 2.75) is 377 Å². The maximum absolute atomic E-state index is 12.6. The molecule has 0 radical (unpaired) electrons. The molecule has 0 aromatic heterocycles. The summed E-state index contributed by atoms with van der Waals surface area (Å²) in [5.74, 6) is -0.844. The highest BCUT2D eigenvalue weighted by Gasteiger charge is 2.53. The quantitative estimate of drug-likeness (QED) is 0.0559. The van der Waals surface area contributed by atoms with E-state index in [2.05, 4.69) is 16.2 Å². The number of piperidine rings is 6. The van der Waals surface area contributed by atoms with Crippen LogP contribution in [0.4, 0.5) is 24.0 Å². The fourth-order valence-electron chi connectivity index (χ4n) is 20.2. The van der Waals surface area contributed by atoms with Gasteiger partial charge in [-0.05, 0) is 293 Å². The lowest BCUT2D eigenvalue weighted by molar-refractivity contribution is -0.154. The number of aliphatic carboxylic acids is 2. The molecule has 10 fully saturated rings. The van der Waals surface area contributed by atoms with Gasteiger partial charge in [-0.2, -0.15) is 5.26 Å². The fraction of sp³-hybridized carbons (Fsp3) is 0.845. The predicted molar refractivity (Wildman–Crippen MR) is 487 cm³/mol. The lowest BCUT2D eigenvalue weighted by atomic mass is 9.58. The summed E-state index contributed by atoms with van der Waals surface area (Å²) in [7, 11) is 0. The largest absolute Gasteiger partial charge is 0.481 e. The zero-order valence-electron chi connectivity index (χ0n) is 80.9. The van der Waals surface area contributed by atoms with E-state index in [0.717, 1.165) is 95.7 Å². The Morgan fingerprint density at radius 2 is 0.701 bits per heavy atom. The van der Waals surface area contributed by atoms with Crippen molar-refractivity contribution in [3.05, 3.63) is 22.7 Å². The number of carboxylic acid groups (broad SMARTS) is 2. The summed E-state index contributed by atoms with van der Waals surface area (Å²) < 4.78 is 42.3. The Balaban J connectivity index is 0.000000323. The van der Waals surface area contributed by atoms with Gasteiger partial charge in [-0.15, -0.1) is 12.4 Å². The molecule has 724 valence electrons. The van der Waals surface area contributed by atoms with Gasteiger partial charge in [0.2, 0.25) is 0 Å². The van der Waals surface area contributed by atoms with Gasteiger partial charge < -0.3 is 77.9 Å². The molecule has 1 atom stereocenters. The first kappa shape index (κ1) is 112. The molecule has 4 saturated carbocycles. The first-order valence-electron chi connectivity index (χ1n) is 47.6. The summed E-state index contributed by atoms with van der Waals surface area (Å²) in [6.45, 7) is 48.7. The summed E-state index contributed by atoms with van der Waals surface area (Å²) in [5.41, 5.74) is -2.11. The van der Waals surface area contributed by atoms with E-state index >= 15 is 0 Å². The van der Waals surface area contributed by atoms with Crippen LogP contribution in [0.2, 0.25) is 0 Å². The van der Waals surface area contributed by atoms with E-state index < -0.39 is 63.2 Å². The number of halogens is 1. The first-order valence-corrected chi connectivity index (χ1v) is 47.6. The summed E-state index contributed by atoms with van der Waals surface area (Å²) >= 11 is 0. The van der Waals surface area contributed by atoms with Crippen LogP contribution in [0, 0.1) is 69.2 Å². The Labute approximate surface area is 766 Å². The number of carbonyl (C=O) groups is 11. The highest BCUT2D eigenvalue weighted by molar-refractivity contribution is 5.91. The molecule has 6 heterocycles. The number of nitrogens with one attached hydrogen (secondary N) is 1. The molecule has 10 rings (SSSR count). The molecule has 30 heteroatoms. The molecule has 1 unspecified atom stereocenters. The van der Waals surface area contributed by atoms with Gasteiger partial charge in [-0.25, -0.2) is 28.8 Å². The van der Waals surface area contributed by atoms with Gasteiger partial charge >= 0.3 is 60.3 Å². The molecule has 4 aliphatic carbocycles. The minimum Gasteiger partial charge on any atom is -0.481 e. The van der Waals surface area contributed by atoms with Crippen LogP contribution in [-0.2, 0) is 66.7 Å². The van der Waals surface area contributed by atoms with E-state index in [0.29, 0.717) is 147 Å². The summed E-state index contributed by atoms with van der Waals surface area (Å²) in [6.07, 6.45) is 32.5. The van der Waals surface area contributed by atoms with Crippen LogP contribution in [0.15, 0.2) is 11.3 Å². The van der Waals surface area contributed by atoms with Crippen molar-refractivity contribution < 1.29 is 101 Å². The molecule has 127 heavy (non-hydrogen) atoms. The fourth-order valence-corrected chi connectivity index (χ4v) is 20.2. The maximum Gasteiger partial charge on any atom is 0.410 e. The third-order valence-electron chi connectivity index (χ3n) is 26.5. The van der Waals surface area contributed by atoms with Gasteiger partial charge in [-0.1, -0.05) is 82.6 Å². The van der Waals surface area contributed by atoms with Crippen LogP contribution in [0.1, 0.15) is 349 Å². The number of amides is 5.